The topological polar surface area (TPSA) is 90.1 Å². The van der Waals surface area contributed by atoms with E-state index in [1.165, 1.54) is 6.33 Å². The summed E-state index contributed by atoms with van der Waals surface area (Å²) in [5, 5.41) is 8.66. The van der Waals surface area contributed by atoms with Crippen molar-refractivity contribution >= 4 is 22.5 Å². The molecule has 7 heteroatoms. The van der Waals surface area contributed by atoms with Gasteiger partial charge in [0.05, 0.1) is 22.4 Å². The number of nitrogens with zero attached hydrogens (tertiary/aromatic N) is 2. The van der Waals surface area contributed by atoms with Crippen LogP contribution in [0.25, 0.3) is 11.3 Å². The summed E-state index contributed by atoms with van der Waals surface area (Å²) >= 11 is 0. The summed E-state index contributed by atoms with van der Waals surface area (Å²) in [6, 6.07) is 17.1. The molecule has 3 N–H and O–H groups in total. The SMILES string of the molecule is C=C/C=C(\C=C)COc1ccccc1-c1cc(Nc2cccc(CS(N)=O)c2)ncn1. The third-order valence-electron chi connectivity index (χ3n) is 4.33. The van der Waals surface area contributed by atoms with Gasteiger partial charge >= 0.3 is 0 Å². The maximum Gasteiger partial charge on any atom is 0.134 e. The van der Waals surface area contributed by atoms with Crippen molar-refractivity contribution in [1.82, 2.24) is 9.97 Å². The van der Waals surface area contributed by atoms with E-state index in [2.05, 4.69) is 28.4 Å². The van der Waals surface area contributed by atoms with Crippen molar-refractivity contribution in [3.8, 4) is 17.0 Å². The number of aromatic nitrogens is 2. The Labute approximate surface area is 184 Å². The molecule has 0 saturated heterocycles. The molecule has 0 amide bonds. The zero-order valence-corrected chi connectivity index (χ0v) is 17.8. The number of benzene rings is 2. The zero-order chi connectivity index (χ0) is 22.1. The largest absolute Gasteiger partial charge is 0.488 e. The summed E-state index contributed by atoms with van der Waals surface area (Å²) < 4.78 is 17.3. The lowest BCUT2D eigenvalue weighted by molar-refractivity contribution is 0.357. The summed E-state index contributed by atoms with van der Waals surface area (Å²) in [4.78, 5) is 8.72. The lowest BCUT2D eigenvalue weighted by Gasteiger charge is -2.13. The van der Waals surface area contributed by atoms with E-state index in [0.717, 1.165) is 28.1 Å². The molecule has 1 unspecified atom stereocenters. The van der Waals surface area contributed by atoms with Crippen LogP contribution in [0.4, 0.5) is 11.5 Å². The molecule has 6 nitrogen and oxygen atoms in total. The molecule has 31 heavy (non-hydrogen) atoms. The number of ether oxygens (including phenoxy) is 1. The fraction of sp³-hybridized carbons (Fsp3) is 0.0833. The second-order valence-corrected chi connectivity index (χ2v) is 7.66. The third-order valence-corrected chi connectivity index (χ3v) is 4.94. The van der Waals surface area contributed by atoms with Crippen molar-refractivity contribution in [3.05, 3.63) is 103 Å². The van der Waals surface area contributed by atoms with E-state index in [1.807, 2.05) is 60.7 Å². The van der Waals surface area contributed by atoms with Crippen molar-refractivity contribution in [3.63, 3.8) is 0 Å². The lowest BCUT2D eigenvalue weighted by atomic mass is 10.1. The summed E-state index contributed by atoms with van der Waals surface area (Å²) in [5.41, 5.74) is 4.20. The molecule has 0 aliphatic heterocycles. The normalized spacial score (nSPS) is 12.1. The average molecular weight is 433 g/mol. The Bertz CT molecular complexity index is 1130. The van der Waals surface area contributed by atoms with Crippen molar-refractivity contribution in [2.24, 2.45) is 5.14 Å². The van der Waals surface area contributed by atoms with Crippen LogP contribution in [0.1, 0.15) is 5.56 Å². The van der Waals surface area contributed by atoms with Gasteiger partial charge in [-0.05, 0) is 35.4 Å². The highest BCUT2D eigenvalue weighted by atomic mass is 32.2. The van der Waals surface area contributed by atoms with E-state index in [0.29, 0.717) is 23.9 Å². The number of para-hydroxylation sites is 1. The van der Waals surface area contributed by atoms with E-state index in [4.69, 9.17) is 9.88 Å². The van der Waals surface area contributed by atoms with E-state index < -0.39 is 11.0 Å². The Kier molecular flexibility index (Phi) is 7.86. The first kappa shape index (κ1) is 22.1. The van der Waals surface area contributed by atoms with Gasteiger partial charge in [-0.3, -0.25) is 5.14 Å². The molecule has 0 aliphatic rings. The number of nitrogens with one attached hydrogen (secondary N) is 1. The molecule has 0 spiro atoms. The number of anilines is 2. The van der Waals surface area contributed by atoms with Gasteiger partial charge in [-0.2, -0.15) is 0 Å². The molecular weight excluding hydrogens is 408 g/mol. The Morgan fingerprint density at radius 2 is 1.97 bits per heavy atom. The van der Waals surface area contributed by atoms with Crippen LogP contribution in [0.15, 0.2) is 97.9 Å². The fourth-order valence-corrected chi connectivity index (χ4v) is 3.42. The van der Waals surface area contributed by atoms with Gasteiger partial charge in [0.15, 0.2) is 0 Å². The average Bonchev–Trinajstić information content (AvgIpc) is 2.77. The van der Waals surface area contributed by atoms with E-state index >= 15 is 0 Å². The van der Waals surface area contributed by atoms with Crippen LogP contribution < -0.4 is 15.2 Å². The van der Waals surface area contributed by atoms with E-state index in [1.54, 1.807) is 12.2 Å². The van der Waals surface area contributed by atoms with Crippen molar-refractivity contribution in [2.45, 2.75) is 5.75 Å². The first-order valence-electron chi connectivity index (χ1n) is 9.56. The van der Waals surface area contributed by atoms with Crippen molar-refractivity contribution in [1.29, 1.82) is 0 Å². The Morgan fingerprint density at radius 3 is 2.74 bits per heavy atom. The smallest absolute Gasteiger partial charge is 0.134 e. The summed E-state index contributed by atoms with van der Waals surface area (Å²) in [6.07, 6.45) is 6.80. The number of nitrogens with two attached hydrogens (primary N) is 1. The molecule has 1 atom stereocenters. The summed E-state index contributed by atoms with van der Waals surface area (Å²) in [5.74, 6) is 1.63. The maximum absolute atomic E-state index is 11.3. The van der Waals surface area contributed by atoms with Gasteiger partial charge in [0.25, 0.3) is 0 Å². The molecule has 2 aromatic carbocycles. The summed E-state index contributed by atoms with van der Waals surface area (Å²) in [6.45, 7) is 7.88. The second kappa shape index (κ2) is 11.0. The van der Waals surface area contributed by atoms with Gasteiger partial charge < -0.3 is 10.1 Å². The second-order valence-electron chi connectivity index (χ2n) is 6.61. The molecule has 0 saturated carbocycles. The molecule has 1 aromatic heterocycles. The first-order valence-corrected chi connectivity index (χ1v) is 10.9. The highest BCUT2D eigenvalue weighted by Gasteiger charge is 2.09. The number of hydrogen-bond acceptors (Lipinski definition) is 5. The van der Waals surface area contributed by atoms with Gasteiger partial charge in [-0.15, -0.1) is 0 Å². The van der Waals surface area contributed by atoms with E-state index in [-0.39, 0.29) is 0 Å². The molecule has 0 fully saturated rings. The highest BCUT2D eigenvalue weighted by molar-refractivity contribution is 7.81. The summed E-state index contributed by atoms with van der Waals surface area (Å²) in [7, 11) is -1.39. The van der Waals surface area contributed by atoms with Gasteiger partial charge in [0.2, 0.25) is 0 Å². The molecule has 1 heterocycles. The van der Waals surface area contributed by atoms with E-state index in [9.17, 15) is 4.21 Å². The molecule has 0 radical (unpaired) electrons. The van der Waals surface area contributed by atoms with Gasteiger partial charge in [-0.1, -0.05) is 55.7 Å². The number of hydrogen-bond donors (Lipinski definition) is 2. The van der Waals surface area contributed by atoms with Gasteiger partial charge in [-0.25, -0.2) is 14.2 Å². The minimum absolute atomic E-state index is 0.294. The van der Waals surface area contributed by atoms with Crippen LogP contribution in [0.5, 0.6) is 5.75 Å². The predicted octanol–water partition coefficient (Wildman–Crippen LogP) is 4.69. The fourth-order valence-electron chi connectivity index (χ4n) is 2.92. The van der Waals surface area contributed by atoms with Crippen LogP contribution in [-0.2, 0) is 16.7 Å². The van der Waals surface area contributed by atoms with Crippen LogP contribution in [0, 0.1) is 0 Å². The number of rotatable bonds is 10. The third kappa shape index (κ3) is 6.47. The molecule has 3 rings (SSSR count). The Balaban J connectivity index is 1.82. The van der Waals surface area contributed by atoms with Crippen LogP contribution >= 0.6 is 0 Å². The minimum Gasteiger partial charge on any atom is -0.488 e. The molecule has 3 aromatic rings. The van der Waals surface area contributed by atoms with Crippen LogP contribution in [0.2, 0.25) is 0 Å². The molecule has 0 bridgehead atoms. The number of allylic oxidation sites excluding steroid dienone is 2. The standard InChI is InChI=1S/C24H24N4O2S/c1-3-8-18(4-2)15-30-23-12-6-5-11-21(23)22-14-24(27-17-26-22)28-20-10-7-9-19(13-20)16-31(25)29/h3-14,17H,1-2,15-16,25H2,(H,26,27,28)/b18-8+. The maximum atomic E-state index is 11.3. The predicted molar refractivity (Wildman–Crippen MR) is 127 cm³/mol. The van der Waals surface area contributed by atoms with Crippen molar-refractivity contribution in [2.75, 3.05) is 11.9 Å². The highest BCUT2D eigenvalue weighted by Crippen LogP contribution is 2.30. The monoisotopic (exact) mass is 432 g/mol. The van der Waals surface area contributed by atoms with Crippen LogP contribution in [0.3, 0.4) is 0 Å². The lowest BCUT2D eigenvalue weighted by Crippen LogP contribution is -2.05. The van der Waals surface area contributed by atoms with Gasteiger partial charge in [0, 0.05) is 17.3 Å². The molecular formula is C24H24N4O2S. The zero-order valence-electron chi connectivity index (χ0n) is 17.0. The van der Waals surface area contributed by atoms with Gasteiger partial charge in [0.1, 0.15) is 24.5 Å². The quantitative estimate of drug-likeness (QED) is 0.454. The Morgan fingerprint density at radius 1 is 1.13 bits per heavy atom. The minimum atomic E-state index is -1.39. The van der Waals surface area contributed by atoms with Crippen molar-refractivity contribution < 1.29 is 8.95 Å². The molecule has 0 aliphatic carbocycles. The van der Waals surface area contributed by atoms with Crippen LogP contribution in [-0.4, -0.2) is 20.8 Å². The Hall–Kier alpha value is -3.55. The first-order chi connectivity index (χ1) is 15.1. The molecule has 158 valence electrons.